The minimum atomic E-state index is -0.132. The van der Waals surface area contributed by atoms with E-state index in [1.165, 1.54) is 5.56 Å². The van der Waals surface area contributed by atoms with E-state index in [4.69, 9.17) is 9.72 Å². The fourth-order valence-corrected chi connectivity index (χ4v) is 5.10. The second-order valence-electron chi connectivity index (χ2n) is 9.62. The molecule has 0 spiro atoms. The van der Waals surface area contributed by atoms with Crippen LogP contribution in [0.2, 0.25) is 0 Å². The van der Waals surface area contributed by atoms with Crippen molar-refractivity contribution in [2.45, 2.75) is 44.1 Å². The molecule has 0 amide bonds. The van der Waals surface area contributed by atoms with Crippen molar-refractivity contribution < 1.29 is 4.74 Å². The fraction of sp³-hybridized carbons (Fsp3) is 0.321. The van der Waals surface area contributed by atoms with E-state index < -0.39 is 0 Å². The molecule has 1 aliphatic heterocycles. The van der Waals surface area contributed by atoms with E-state index in [0.717, 1.165) is 49.4 Å². The van der Waals surface area contributed by atoms with E-state index in [1.54, 1.807) is 6.20 Å². The summed E-state index contributed by atoms with van der Waals surface area (Å²) < 4.78 is 7.90. The number of aromatic nitrogens is 4. The molecule has 5 rings (SSSR count). The lowest BCUT2D eigenvalue weighted by molar-refractivity contribution is -0.0835. The maximum atomic E-state index is 6.05. The number of hydrogen-bond donors (Lipinski definition) is 1. The summed E-state index contributed by atoms with van der Waals surface area (Å²) in [5.74, 6) is 0.656. The second kappa shape index (κ2) is 9.39. The minimum Gasteiger partial charge on any atom is -0.376 e. The van der Waals surface area contributed by atoms with E-state index in [-0.39, 0.29) is 11.0 Å². The molecule has 1 N–H and O–H groups in total. The monoisotopic (exact) mass is 453 g/mol. The van der Waals surface area contributed by atoms with Crippen molar-refractivity contribution >= 4 is 5.95 Å². The molecule has 1 unspecified atom stereocenters. The third-order valence-corrected chi connectivity index (χ3v) is 6.70. The molecule has 34 heavy (non-hydrogen) atoms. The first kappa shape index (κ1) is 22.3. The van der Waals surface area contributed by atoms with E-state index in [0.29, 0.717) is 5.95 Å². The van der Waals surface area contributed by atoms with Gasteiger partial charge in [-0.2, -0.15) is 5.10 Å². The molecule has 2 aromatic carbocycles. The molecule has 1 saturated heterocycles. The Kier molecular flexibility index (Phi) is 6.16. The predicted octanol–water partition coefficient (Wildman–Crippen LogP) is 5.66. The molecule has 2 aromatic heterocycles. The van der Waals surface area contributed by atoms with Gasteiger partial charge >= 0.3 is 0 Å². The van der Waals surface area contributed by atoms with Crippen LogP contribution in [0.4, 0.5) is 5.95 Å². The lowest BCUT2D eigenvalue weighted by Crippen LogP contribution is -2.45. The van der Waals surface area contributed by atoms with Crippen LogP contribution >= 0.6 is 0 Å². The van der Waals surface area contributed by atoms with Crippen molar-refractivity contribution in [2.75, 3.05) is 18.5 Å². The van der Waals surface area contributed by atoms with Gasteiger partial charge in [-0.25, -0.2) is 14.6 Å². The maximum Gasteiger partial charge on any atom is 0.223 e. The zero-order valence-electron chi connectivity index (χ0n) is 19.8. The van der Waals surface area contributed by atoms with Crippen LogP contribution in [0.1, 0.15) is 38.7 Å². The van der Waals surface area contributed by atoms with Crippen LogP contribution in [0.25, 0.3) is 16.9 Å². The summed E-state index contributed by atoms with van der Waals surface area (Å²) >= 11 is 0. The first-order chi connectivity index (χ1) is 16.5. The normalized spacial score (nSPS) is 19.6. The third kappa shape index (κ3) is 4.87. The molecular weight excluding hydrogens is 422 g/mol. The Bertz CT molecular complexity index is 1210. The van der Waals surface area contributed by atoms with Crippen LogP contribution in [0.5, 0.6) is 0 Å². The summed E-state index contributed by atoms with van der Waals surface area (Å²) in [5, 5.41) is 7.77. The zero-order chi connectivity index (χ0) is 23.4. The molecule has 0 saturated carbocycles. The summed E-state index contributed by atoms with van der Waals surface area (Å²) in [6.07, 6.45) is 8.54. The highest BCUT2D eigenvalue weighted by molar-refractivity contribution is 5.61. The van der Waals surface area contributed by atoms with Crippen LogP contribution in [0, 0.1) is 0 Å². The van der Waals surface area contributed by atoms with Gasteiger partial charge in [0.05, 0.1) is 17.0 Å². The Morgan fingerprint density at radius 3 is 2.53 bits per heavy atom. The molecule has 4 aromatic rings. The smallest absolute Gasteiger partial charge is 0.223 e. The van der Waals surface area contributed by atoms with Crippen LogP contribution in [-0.4, -0.2) is 38.5 Å². The molecule has 0 radical (unpaired) electrons. The standard InChI is InChI=1S/C28H31N5O/c1-27(2)21-28(15-20-34-27,23-7-4-3-5-8-23)14-18-30-26-29-17-13-25(32-26)22-9-11-24(12-10-22)33-19-6-16-31-33/h3-13,16-17,19H,14-15,18,20-21H2,1-2H3,(H,29,30,32). The minimum absolute atomic E-state index is 0.0793. The summed E-state index contributed by atoms with van der Waals surface area (Å²) in [7, 11) is 0. The summed E-state index contributed by atoms with van der Waals surface area (Å²) in [6, 6.07) is 23.0. The topological polar surface area (TPSA) is 64.9 Å². The summed E-state index contributed by atoms with van der Waals surface area (Å²) in [5.41, 5.74) is 4.30. The molecule has 1 aliphatic rings. The van der Waals surface area contributed by atoms with E-state index in [2.05, 4.69) is 71.7 Å². The summed E-state index contributed by atoms with van der Waals surface area (Å²) in [6.45, 7) is 5.97. The molecule has 6 nitrogen and oxygen atoms in total. The van der Waals surface area contributed by atoms with Crippen LogP contribution in [0.3, 0.4) is 0 Å². The Balaban J connectivity index is 1.29. The second-order valence-corrected chi connectivity index (χ2v) is 9.62. The highest BCUT2D eigenvalue weighted by Crippen LogP contribution is 2.43. The van der Waals surface area contributed by atoms with E-state index in [9.17, 15) is 0 Å². The Morgan fingerprint density at radius 1 is 0.971 bits per heavy atom. The van der Waals surface area contributed by atoms with Crippen molar-refractivity contribution in [2.24, 2.45) is 0 Å². The molecule has 174 valence electrons. The average Bonchev–Trinajstić information content (AvgIpc) is 3.40. The number of ether oxygens (including phenoxy) is 1. The average molecular weight is 454 g/mol. The summed E-state index contributed by atoms with van der Waals surface area (Å²) in [4.78, 5) is 9.24. The molecular formula is C28H31N5O. The number of benzene rings is 2. The van der Waals surface area contributed by atoms with Gasteiger partial charge in [0.25, 0.3) is 0 Å². The Hall–Kier alpha value is -3.51. The van der Waals surface area contributed by atoms with Crippen molar-refractivity contribution in [3.05, 3.63) is 90.9 Å². The van der Waals surface area contributed by atoms with Gasteiger partial charge in [0.15, 0.2) is 0 Å². The molecule has 1 atom stereocenters. The predicted molar refractivity (Wildman–Crippen MR) is 135 cm³/mol. The van der Waals surface area contributed by atoms with Crippen LogP contribution in [0.15, 0.2) is 85.3 Å². The van der Waals surface area contributed by atoms with Crippen molar-refractivity contribution in [1.29, 1.82) is 0 Å². The van der Waals surface area contributed by atoms with Crippen LogP contribution < -0.4 is 5.32 Å². The third-order valence-electron chi connectivity index (χ3n) is 6.70. The number of nitrogens with one attached hydrogen (secondary N) is 1. The Morgan fingerprint density at radius 2 is 1.79 bits per heavy atom. The van der Waals surface area contributed by atoms with Crippen molar-refractivity contribution in [3.63, 3.8) is 0 Å². The SMILES string of the molecule is CC1(C)CC(CCNc2nccc(-c3ccc(-n4cccn4)cc3)n2)(c2ccccc2)CCO1. The van der Waals surface area contributed by atoms with Gasteiger partial charge in [-0.05, 0) is 62.9 Å². The van der Waals surface area contributed by atoms with Gasteiger partial charge in [-0.1, -0.05) is 42.5 Å². The lowest BCUT2D eigenvalue weighted by atomic mass is 9.67. The number of nitrogens with zero attached hydrogens (tertiary/aromatic N) is 4. The molecule has 0 bridgehead atoms. The lowest BCUT2D eigenvalue weighted by Gasteiger charge is -2.45. The maximum absolute atomic E-state index is 6.05. The molecule has 1 fully saturated rings. The van der Waals surface area contributed by atoms with Gasteiger partial charge in [-0.15, -0.1) is 0 Å². The first-order valence-electron chi connectivity index (χ1n) is 11.9. The number of rotatable bonds is 7. The van der Waals surface area contributed by atoms with Crippen molar-refractivity contribution in [1.82, 2.24) is 19.7 Å². The largest absolute Gasteiger partial charge is 0.376 e. The fourth-order valence-electron chi connectivity index (χ4n) is 5.10. The Labute approximate surface area is 201 Å². The zero-order valence-corrected chi connectivity index (χ0v) is 19.8. The van der Waals surface area contributed by atoms with Gasteiger partial charge in [-0.3, -0.25) is 0 Å². The van der Waals surface area contributed by atoms with Crippen LogP contribution in [-0.2, 0) is 10.2 Å². The van der Waals surface area contributed by atoms with Gasteiger partial charge < -0.3 is 10.1 Å². The first-order valence-corrected chi connectivity index (χ1v) is 11.9. The highest BCUT2D eigenvalue weighted by atomic mass is 16.5. The van der Waals surface area contributed by atoms with E-state index in [1.807, 2.05) is 41.3 Å². The number of anilines is 1. The number of hydrogen-bond acceptors (Lipinski definition) is 5. The van der Waals surface area contributed by atoms with Crippen molar-refractivity contribution in [3.8, 4) is 16.9 Å². The van der Waals surface area contributed by atoms with Gasteiger partial charge in [0, 0.05) is 42.7 Å². The highest BCUT2D eigenvalue weighted by Gasteiger charge is 2.41. The molecule has 3 heterocycles. The molecule has 6 heteroatoms. The quantitative estimate of drug-likeness (QED) is 0.391. The van der Waals surface area contributed by atoms with E-state index >= 15 is 0 Å². The molecule has 0 aliphatic carbocycles. The van der Waals surface area contributed by atoms with Gasteiger partial charge in [0.2, 0.25) is 5.95 Å². The van der Waals surface area contributed by atoms with Gasteiger partial charge in [0.1, 0.15) is 0 Å².